The normalized spacial score (nSPS) is 15.8. The number of methoxy groups -OCH3 is 2. The third-order valence-corrected chi connectivity index (χ3v) is 7.23. The van der Waals surface area contributed by atoms with Crippen LogP contribution in [0.2, 0.25) is 5.02 Å². The van der Waals surface area contributed by atoms with Crippen molar-refractivity contribution in [2.24, 2.45) is 0 Å². The second kappa shape index (κ2) is 9.17. The van der Waals surface area contributed by atoms with Gasteiger partial charge in [0.15, 0.2) is 4.91 Å². The molecule has 1 aliphatic rings. The van der Waals surface area contributed by atoms with Crippen molar-refractivity contribution in [1.29, 1.82) is 0 Å². The first-order chi connectivity index (χ1) is 15.8. The Morgan fingerprint density at radius 3 is 2.42 bits per heavy atom. The highest BCUT2D eigenvalue weighted by atomic mass is 35.5. The quantitative estimate of drug-likeness (QED) is 0.504. The summed E-state index contributed by atoms with van der Waals surface area (Å²) in [7, 11) is -1.15. The van der Waals surface area contributed by atoms with Crippen LogP contribution in [0.5, 0.6) is 11.5 Å². The van der Waals surface area contributed by atoms with Gasteiger partial charge >= 0.3 is 0 Å². The van der Waals surface area contributed by atoms with Crippen molar-refractivity contribution in [3.8, 4) is 11.5 Å². The smallest absolute Gasteiger partial charge is 0.270 e. The maximum Gasteiger partial charge on any atom is 0.270 e. The van der Waals surface area contributed by atoms with Gasteiger partial charge in [0.1, 0.15) is 11.5 Å². The zero-order valence-electron chi connectivity index (χ0n) is 17.9. The van der Waals surface area contributed by atoms with E-state index in [-0.39, 0.29) is 11.4 Å². The van der Waals surface area contributed by atoms with Crippen molar-refractivity contribution < 1.29 is 22.7 Å². The average Bonchev–Trinajstić information content (AvgIpc) is 2.82. The Morgan fingerprint density at radius 1 is 1.00 bits per heavy atom. The lowest BCUT2D eigenvalue weighted by Crippen LogP contribution is -2.39. The summed E-state index contributed by atoms with van der Waals surface area (Å²) in [6, 6.07) is 18.6. The number of hydrogen-bond acceptors (Lipinski definition) is 6. The fourth-order valence-electron chi connectivity index (χ4n) is 3.52. The number of Topliss-reactive ketones (excluding diaryl/α,β-unsaturated/α-hetero) is 1. The van der Waals surface area contributed by atoms with Crippen LogP contribution < -0.4 is 19.1 Å². The van der Waals surface area contributed by atoms with Crippen molar-refractivity contribution in [2.75, 3.05) is 23.8 Å². The predicted octanol–water partition coefficient (Wildman–Crippen LogP) is 4.84. The summed E-state index contributed by atoms with van der Waals surface area (Å²) in [6.07, 6.45) is 1.19. The highest BCUT2D eigenvalue weighted by molar-refractivity contribution is 7.97. The van der Waals surface area contributed by atoms with E-state index in [0.717, 1.165) is 5.56 Å². The predicted molar refractivity (Wildman–Crippen MR) is 129 cm³/mol. The number of para-hydroxylation sites is 1. The van der Waals surface area contributed by atoms with Crippen molar-refractivity contribution in [3.05, 3.63) is 94.0 Å². The van der Waals surface area contributed by atoms with E-state index in [4.69, 9.17) is 21.1 Å². The first kappa shape index (κ1) is 22.7. The molecule has 0 unspecified atom stereocenters. The molecule has 1 N–H and O–H groups in total. The SMILES string of the molecule is COc1ccc(OC)c(N/C=C2\C(=O)c3ccccc3N(Cc3ccc(Cl)cc3)S2(=O)=O)c1. The topological polar surface area (TPSA) is 84.9 Å². The highest BCUT2D eigenvalue weighted by Gasteiger charge is 2.40. The van der Waals surface area contributed by atoms with Gasteiger partial charge in [-0.15, -0.1) is 0 Å². The molecule has 0 saturated heterocycles. The zero-order chi connectivity index (χ0) is 23.6. The number of sulfonamides is 1. The molecule has 1 heterocycles. The van der Waals surface area contributed by atoms with Crippen LogP contribution in [-0.4, -0.2) is 28.4 Å². The standard InChI is InChI=1S/C24H21ClN2O5S/c1-31-18-11-12-22(32-2)20(13-18)26-14-23-24(28)19-5-3-4-6-21(19)27(33(23,29)30)15-16-7-9-17(25)10-8-16/h3-14,26H,15H2,1-2H3/b23-14+. The third kappa shape index (κ3) is 4.40. The zero-order valence-corrected chi connectivity index (χ0v) is 19.5. The van der Waals surface area contributed by atoms with Gasteiger partial charge < -0.3 is 14.8 Å². The van der Waals surface area contributed by atoms with E-state index in [0.29, 0.717) is 33.5 Å². The van der Waals surface area contributed by atoms with Gasteiger partial charge in [-0.05, 0) is 42.0 Å². The molecule has 0 atom stereocenters. The van der Waals surface area contributed by atoms with E-state index in [2.05, 4.69) is 5.32 Å². The van der Waals surface area contributed by atoms with Crippen LogP contribution in [-0.2, 0) is 16.6 Å². The monoisotopic (exact) mass is 484 g/mol. The van der Waals surface area contributed by atoms with E-state index in [1.54, 1.807) is 66.7 Å². The number of nitrogens with zero attached hydrogens (tertiary/aromatic N) is 1. The minimum atomic E-state index is -4.16. The van der Waals surface area contributed by atoms with Crippen molar-refractivity contribution in [1.82, 2.24) is 0 Å². The number of benzene rings is 3. The van der Waals surface area contributed by atoms with Gasteiger partial charge in [0.25, 0.3) is 10.0 Å². The van der Waals surface area contributed by atoms with E-state index in [1.165, 1.54) is 24.7 Å². The molecule has 7 nitrogen and oxygen atoms in total. The Balaban J connectivity index is 1.78. The van der Waals surface area contributed by atoms with Crippen LogP contribution in [0.1, 0.15) is 15.9 Å². The first-order valence-corrected chi connectivity index (χ1v) is 11.8. The molecule has 0 aliphatic carbocycles. The Morgan fingerprint density at radius 2 is 1.73 bits per heavy atom. The molecular weight excluding hydrogens is 464 g/mol. The number of hydrogen-bond donors (Lipinski definition) is 1. The summed E-state index contributed by atoms with van der Waals surface area (Å²) < 4.78 is 38.9. The van der Waals surface area contributed by atoms with Crippen LogP contribution >= 0.6 is 11.6 Å². The number of allylic oxidation sites excluding steroid dienone is 1. The second-order valence-corrected chi connectivity index (χ2v) is 9.47. The number of rotatable bonds is 6. The second-order valence-electron chi connectivity index (χ2n) is 7.20. The Hall–Kier alpha value is -3.49. The maximum absolute atomic E-state index is 13.6. The Kier molecular flexibility index (Phi) is 6.31. The number of carbonyl (C=O) groups excluding carboxylic acids is 1. The highest BCUT2D eigenvalue weighted by Crippen LogP contribution is 2.37. The van der Waals surface area contributed by atoms with Gasteiger partial charge in [0, 0.05) is 22.9 Å². The molecule has 33 heavy (non-hydrogen) atoms. The molecule has 0 aromatic heterocycles. The van der Waals surface area contributed by atoms with Crippen LogP contribution in [0.4, 0.5) is 11.4 Å². The number of carbonyl (C=O) groups is 1. The van der Waals surface area contributed by atoms with Crippen LogP contribution in [0.25, 0.3) is 0 Å². The lowest BCUT2D eigenvalue weighted by molar-refractivity contribution is 0.104. The summed E-state index contributed by atoms with van der Waals surface area (Å²) in [5, 5.41) is 3.46. The summed E-state index contributed by atoms with van der Waals surface area (Å²) >= 11 is 5.97. The molecule has 4 rings (SSSR count). The molecule has 0 amide bonds. The summed E-state index contributed by atoms with van der Waals surface area (Å²) in [5.41, 5.74) is 1.81. The molecule has 0 spiro atoms. The first-order valence-electron chi connectivity index (χ1n) is 9.95. The molecule has 170 valence electrons. The fraction of sp³-hybridized carbons (Fsp3) is 0.125. The number of ether oxygens (including phenoxy) is 2. The van der Waals surface area contributed by atoms with E-state index in [1.807, 2.05) is 0 Å². The molecular formula is C24H21ClN2O5S. The number of halogens is 1. The molecule has 0 saturated carbocycles. The average molecular weight is 485 g/mol. The van der Waals surface area contributed by atoms with Crippen LogP contribution in [0.3, 0.4) is 0 Å². The van der Waals surface area contributed by atoms with E-state index in [9.17, 15) is 13.2 Å². The van der Waals surface area contributed by atoms with Gasteiger partial charge in [-0.25, -0.2) is 8.42 Å². The third-order valence-electron chi connectivity index (χ3n) is 5.21. The Labute approximate surface area is 197 Å². The lowest BCUT2D eigenvalue weighted by Gasteiger charge is -2.31. The number of anilines is 2. The summed E-state index contributed by atoms with van der Waals surface area (Å²) in [4.78, 5) is 12.8. The van der Waals surface area contributed by atoms with Crippen LogP contribution in [0, 0.1) is 0 Å². The Bertz CT molecular complexity index is 1340. The number of ketones is 1. The molecule has 0 radical (unpaired) electrons. The van der Waals surface area contributed by atoms with E-state index < -0.39 is 15.8 Å². The molecule has 0 bridgehead atoms. The van der Waals surface area contributed by atoms with Crippen LogP contribution in [0.15, 0.2) is 77.8 Å². The number of nitrogens with one attached hydrogen (secondary N) is 1. The van der Waals surface area contributed by atoms with Gasteiger partial charge in [0.2, 0.25) is 5.78 Å². The summed E-state index contributed by atoms with van der Waals surface area (Å²) in [5.74, 6) is 0.420. The lowest BCUT2D eigenvalue weighted by atomic mass is 10.1. The molecule has 3 aromatic carbocycles. The maximum atomic E-state index is 13.6. The minimum absolute atomic E-state index is 0.0453. The van der Waals surface area contributed by atoms with Crippen molar-refractivity contribution in [3.63, 3.8) is 0 Å². The van der Waals surface area contributed by atoms with Gasteiger partial charge in [-0.1, -0.05) is 35.9 Å². The number of fused-ring (bicyclic) bond motifs is 1. The van der Waals surface area contributed by atoms with Crippen molar-refractivity contribution >= 4 is 38.8 Å². The fourth-order valence-corrected chi connectivity index (χ4v) is 5.17. The van der Waals surface area contributed by atoms with Gasteiger partial charge in [0.05, 0.1) is 32.1 Å². The van der Waals surface area contributed by atoms with Gasteiger partial charge in [-0.3, -0.25) is 9.10 Å². The van der Waals surface area contributed by atoms with E-state index >= 15 is 0 Å². The molecule has 3 aromatic rings. The van der Waals surface area contributed by atoms with Gasteiger partial charge in [-0.2, -0.15) is 0 Å². The molecule has 1 aliphatic heterocycles. The summed E-state index contributed by atoms with van der Waals surface area (Å²) in [6.45, 7) is 0.0453. The van der Waals surface area contributed by atoms with Crippen molar-refractivity contribution in [2.45, 2.75) is 6.54 Å². The molecule has 0 fully saturated rings. The molecule has 9 heteroatoms. The minimum Gasteiger partial charge on any atom is -0.497 e. The largest absolute Gasteiger partial charge is 0.497 e.